The molecule has 0 saturated heterocycles. The maximum atomic E-state index is 9.75. The molecule has 0 aliphatic heterocycles. The second kappa shape index (κ2) is 5.25. The maximum absolute atomic E-state index is 9.75. The lowest BCUT2D eigenvalue weighted by Crippen LogP contribution is -2.56. The van der Waals surface area contributed by atoms with Gasteiger partial charge in [0.25, 0.3) is 0 Å². The van der Waals surface area contributed by atoms with E-state index in [1.54, 1.807) is 0 Å². The average molecular weight is 218 g/mol. The first-order valence-electron chi connectivity index (χ1n) is 5.68. The highest BCUT2D eigenvalue weighted by molar-refractivity contribution is 4.96. The fraction of sp³-hybridized carbons (Fsp3) is 1.00. The third-order valence-electron chi connectivity index (χ3n) is 3.17. The van der Waals surface area contributed by atoms with E-state index >= 15 is 0 Å². The molecular weight excluding hydrogens is 196 g/mol. The fourth-order valence-electron chi connectivity index (χ4n) is 1.82. The summed E-state index contributed by atoms with van der Waals surface area (Å²) in [5.41, 5.74) is -1.40. The summed E-state index contributed by atoms with van der Waals surface area (Å²) in [5, 5.41) is 29.0. The largest absolute Gasteiger partial charge is 0.390 e. The van der Waals surface area contributed by atoms with Crippen LogP contribution in [0.25, 0.3) is 0 Å². The molecule has 0 heterocycles. The quantitative estimate of drug-likeness (QED) is 0.599. The molecule has 1 saturated carbocycles. The van der Waals surface area contributed by atoms with Crippen LogP contribution in [0, 0.1) is 0 Å². The van der Waals surface area contributed by atoms with Gasteiger partial charge in [0.05, 0.1) is 18.3 Å². The Kier molecular flexibility index (Phi) is 4.52. The second-order valence-corrected chi connectivity index (χ2v) is 4.58. The lowest BCUT2D eigenvalue weighted by Gasteiger charge is -2.41. The van der Waals surface area contributed by atoms with Crippen molar-refractivity contribution in [2.24, 2.45) is 0 Å². The van der Waals surface area contributed by atoms with Crippen molar-refractivity contribution in [2.75, 3.05) is 6.61 Å². The number of hydrogen-bond acceptors (Lipinski definition) is 4. The zero-order valence-corrected chi connectivity index (χ0v) is 9.52. The van der Waals surface area contributed by atoms with Crippen LogP contribution in [0.5, 0.6) is 0 Å². The van der Waals surface area contributed by atoms with Crippen LogP contribution in [-0.2, 0) is 4.74 Å². The number of unbranched alkanes of at least 4 members (excludes halogenated alkanes) is 1. The predicted octanol–water partition coefficient (Wildman–Crippen LogP) is 0.438. The Morgan fingerprint density at radius 1 is 1.27 bits per heavy atom. The molecule has 1 aliphatic rings. The number of aliphatic hydroxyl groups is 3. The van der Waals surface area contributed by atoms with Crippen LogP contribution in [0.1, 0.15) is 39.5 Å². The highest BCUT2D eigenvalue weighted by Crippen LogP contribution is 2.30. The molecule has 0 aromatic heterocycles. The first kappa shape index (κ1) is 12.9. The zero-order chi connectivity index (χ0) is 11.5. The van der Waals surface area contributed by atoms with E-state index in [1.807, 2.05) is 0 Å². The van der Waals surface area contributed by atoms with E-state index in [0.29, 0.717) is 19.4 Å². The molecule has 1 aliphatic carbocycles. The van der Waals surface area contributed by atoms with Gasteiger partial charge in [0.15, 0.2) is 0 Å². The molecule has 0 radical (unpaired) electrons. The van der Waals surface area contributed by atoms with Gasteiger partial charge >= 0.3 is 0 Å². The lowest BCUT2D eigenvalue weighted by molar-refractivity contribution is -0.185. The minimum atomic E-state index is -1.40. The molecule has 4 nitrogen and oxygen atoms in total. The summed E-state index contributed by atoms with van der Waals surface area (Å²) in [6.45, 7) is 4.20. The third kappa shape index (κ3) is 3.14. The average Bonchev–Trinajstić information content (AvgIpc) is 2.15. The summed E-state index contributed by atoms with van der Waals surface area (Å²) in [6, 6.07) is 0. The third-order valence-corrected chi connectivity index (χ3v) is 3.17. The van der Waals surface area contributed by atoms with Crippen molar-refractivity contribution in [1.29, 1.82) is 0 Å². The Labute approximate surface area is 90.9 Å². The van der Waals surface area contributed by atoms with Crippen LogP contribution < -0.4 is 0 Å². The van der Waals surface area contributed by atoms with E-state index in [1.165, 1.54) is 6.92 Å². The van der Waals surface area contributed by atoms with Crippen LogP contribution in [0.2, 0.25) is 0 Å². The van der Waals surface area contributed by atoms with Crippen molar-refractivity contribution < 1.29 is 20.1 Å². The van der Waals surface area contributed by atoms with Gasteiger partial charge in [-0.1, -0.05) is 13.3 Å². The summed E-state index contributed by atoms with van der Waals surface area (Å²) in [6.07, 6.45) is 0.887. The molecule has 0 amide bonds. The smallest absolute Gasteiger partial charge is 0.114 e. The highest BCUT2D eigenvalue weighted by Gasteiger charge is 2.44. The van der Waals surface area contributed by atoms with Crippen LogP contribution in [-0.4, -0.2) is 45.8 Å². The lowest BCUT2D eigenvalue weighted by atomic mass is 9.80. The van der Waals surface area contributed by atoms with Gasteiger partial charge in [0.2, 0.25) is 0 Å². The Balaban J connectivity index is 2.39. The molecular formula is C11H22O4. The number of rotatable bonds is 4. The van der Waals surface area contributed by atoms with E-state index in [0.717, 1.165) is 12.8 Å². The van der Waals surface area contributed by atoms with Gasteiger partial charge in [-0.3, -0.25) is 0 Å². The van der Waals surface area contributed by atoms with Gasteiger partial charge in [-0.25, -0.2) is 0 Å². The maximum Gasteiger partial charge on any atom is 0.114 e. The van der Waals surface area contributed by atoms with E-state index in [9.17, 15) is 15.3 Å². The standard InChI is InChI=1S/C11H22O4/c1-3-4-5-15-8-6-9(12)11(2,14)10(13)7-8/h8-10,12-14H,3-7H2,1-2H3/t8?,9-,10-,11?/m1/s1. The molecule has 0 spiro atoms. The normalized spacial score (nSPS) is 41.8. The molecule has 0 bridgehead atoms. The monoisotopic (exact) mass is 218 g/mol. The minimum Gasteiger partial charge on any atom is -0.390 e. The zero-order valence-electron chi connectivity index (χ0n) is 9.52. The van der Waals surface area contributed by atoms with Crippen molar-refractivity contribution >= 4 is 0 Å². The number of hydrogen-bond donors (Lipinski definition) is 3. The summed E-state index contributed by atoms with van der Waals surface area (Å²) in [5.74, 6) is 0. The second-order valence-electron chi connectivity index (χ2n) is 4.58. The van der Waals surface area contributed by atoms with Crippen LogP contribution in [0.15, 0.2) is 0 Å². The van der Waals surface area contributed by atoms with E-state index in [-0.39, 0.29) is 6.10 Å². The number of ether oxygens (including phenoxy) is 1. The Hall–Kier alpha value is -0.160. The van der Waals surface area contributed by atoms with E-state index in [4.69, 9.17) is 4.74 Å². The Morgan fingerprint density at radius 2 is 1.80 bits per heavy atom. The molecule has 0 unspecified atom stereocenters. The SMILES string of the molecule is CCCCOC1C[C@@H](O)C(C)(O)[C@H](O)C1. The Bertz CT molecular complexity index is 179. The molecule has 2 atom stereocenters. The molecule has 0 aromatic rings. The van der Waals surface area contributed by atoms with Gasteiger partial charge in [0, 0.05) is 19.4 Å². The summed E-state index contributed by atoms with van der Waals surface area (Å²) < 4.78 is 5.53. The van der Waals surface area contributed by atoms with Crippen LogP contribution >= 0.6 is 0 Å². The number of aliphatic hydroxyl groups excluding tert-OH is 2. The first-order valence-corrected chi connectivity index (χ1v) is 5.68. The topological polar surface area (TPSA) is 69.9 Å². The van der Waals surface area contributed by atoms with Gasteiger partial charge in [-0.05, 0) is 13.3 Å². The van der Waals surface area contributed by atoms with Crippen molar-refractivity contribution in [3.8, 4) is 0 Å². The van der Waals surface area contributed by atoms with Crippen LogP contribution in [0.3, 0.4) is 0 Å². The molecule has 0 aromatic carbocycles. The molecule has 90 valence electrons. The van der Waals surface area contributed by atoms with Crippen molar-refractivity contribution in [1.82, 2.24) is 0 Å². The van der Waals surface area contributed by atoms with Gasteiger partial charge in [-0.2, -0.15) is 0 Å². The molecule has 15 heavy (non-hydrogen) atoms. The Morgan fingerprint density at radius 3 is 2.27 bits per heavy atom. The highest BCUT2D eigenvalue weighted by atomic mass is 16.5. The van der Waals surface area contributed by atoms with Gasteiger partial charge in [0.1, 0.15) is 5.60 Å². The molecule has 4 heteroatoms. The molecule has 1 fully saturated rings. The van der Waals surface area contributed by atoms with Crippen LogP contribution in [0.4, 0.5) is 0 Å². The summed E-state index contributed by atoms with van der Waals surface area (Å²) in [4.78, 5) is 0. The van der Waals surface area contributed by atoms with E-state index in [2.05, 4.69) is 6.92 Å². The predicted molar refractivity (Wildman–Crippen MR) is 56.5 cm³/mol. The molecule has 1 rings (SSSR count). The fourth-order valence-corrected chi connectivity index (χ4v) is 1.82. The van der Waals surface area contributed by atoms with Crippen molar-refractivity contribution in [3.63, 3.8) is 0 Å². The minimum absolute atomic E-state index is 0.137. The van der Waals surface area contributed by atoms with Crippen molar-refractivity contribution in [3.05, 3.63) is 0 Å². The first-order chi connectivity index (χ1) is 6.98. The molecule has 3 N–H and O–H groups in total. The van der Waals surface area contributed by atoms with E-state index < -0.39 is 17.8 Å². The van der Waals surface area contributed by atoms with Gasteiger partial charge < -0.3 is 20.1 Å². The van der Waals surface area contributed by atoms with Gasteiger partial charge in [-0.15, -0.1) is 0 Å². The van der Waals surface area contributed by atoms with Crippen molar-refractivity contribution in [2.45, 2.75) is 63.4 Å². The summed E-state index contributed by atoms with van der Waals surface area (Å²) in [7, 11) is 0. The summed E-state index contributed by atoms with van der Waals surface area (Å²) >= 11 is 0.